The van der Waals surface area contributed by atoms with Crippen LogP contribution in [-0.4, -0.2) is 23.8 Å². The Morgan fingerprint density at radius 3 is 2.61 bits per heavy atom. The first-order valence-electron chi connectivity index (χ1n) is 9.84. The number of rotatable bonds is 6. The molecular weight excluding hydrogens is 392 g/mol. The summed E-state index contributed by atoms with van der Waals surface area (Å²) in [7, 11) is 3.13. The Morgan fingerprint density at radius 1 is 1.06 bits per heavy atom. The van der Waals surface area contributed by atoms with Gasteiger partial charge in [0.2, 0.25) is 0 Å². The van der Waals surface area contributed by atoms with Gasteiger partial charge in [-0.15, -0.1) is 0 Å². The van der Waals surface area contributed by atoms with Crippen LogP contribution in [0.15, 0.2) is 78.5 Å². The molecular formula is C24H22N4O3. The lowest BCUT2D eigenvalue weighted by Gasteiger charge is -2.14. The van der Waals surface area contributed by atoms with Crippen molar-refractivity contribution in [3.8, 4) is 23.3 Å². The summed E-state index contributed by atoms with van der Waals surface area (Å²) < 4.78 is 18.6. The minimum absolute atomic E-state index is 0.402. The van der Waals surface area contributed by atoms with Crippen molar-refractivity contribution >= 4 is 11.2 Å². The lowest BCUT2D eigenvalue weighted by Crippen LogP contribution is -2.05. The van der Waals surface area contributed by atoms with Crippen LogP contribution in [0.25, 0.3) is 5.52 Å². The van der Waals surface area contributed by atoms with E-state index in [1.807, 2.05) is 42.5 Å². The van der Waals surface area contributed by atoms with E-state index in [2.05, 4.69) is 28.6 Å². The molecule has 0 fully saturated rings. The van der Waals surface area contributed by atoms with Crippen molar-refractivity contribution in [1.82, 2.24) is 9.61 Å². The Morgan fingerprint density at radius 2 is 1.87 bits per heavy atom. The van der Waals surface area contributed by atoms with Gasteiger partial charge < -0.3 is 19.5 Å². The number of fused-ring (bicyclic) bond motifs is 1. The second-order valence-corrected chi connectivity index (χ2v) is 6.79. The van der Waals surface area contributed by atoms with E-state index in [4.69, 9.17) is 14.2 Å². The minimum Gasteiger partial charge on any atom is -0.491 e. The van der Waals surface area contributed by atoms with Gasteiger partial charge in [0.05, 0.1) is 37.9 Å². The molecule has 2 heterocycles. The molecule has 0 amide bonds. The van der Waals surface area contributed by atoms with Crippen LogP contribution in [0.1, 0.15) is 18.4 Å². The van der Waals surface area contributed by atoms with Crippen LogP contribution < -0.4 is 19.5 Å². The molecule has 7 nitrogen and oxygen atoms in total. The second-order valence-electron chi connectivity index (χ2n) is 6.79. The molecule has 1 aliphatic carbocycles. The molecule has 7 heteroatoms. The average Bonchev–Trinajstić information content (AvgIpc) is 3.16. The fraction of sp³-hybridized carbons (Fsp3) is 0.167. The largest absolute Gasteiger partial charge is 0.491 e. The predicted octanol–water partition coefficient (Wildman–Crippen LogP) is 4.83. The number of aromatic nitrogens is 2. The van der Waals surface area contributed by atoms with E-state index in [-0.39, 0.29) is 0 Å². The van der Waals surface area contributed by atoms with E-state index >= 15 is 0 Å². The number of methoxy groups -OCH3 is 2. The molecule has 0 bridgehead atoms. The molecule has 0 atom stereocenters. The zero-order valence-corrected chi connectivity index (χ0v) is 17.3. The van der Waals surface area contributed by atoms with Gasteiger partial charge in [-0.3, -0.25) is 0 Å². The Kier molecular flexibility index (Phi) is 5.90. The fourth-order valence-electron chi connectivity index (χ4n) is 3.35. The monoisotopic (exact) mass is 414 g/mol. The molecule has 156 valence electrons. The van der Waals surface area contributed by atoms with Crippen LogP contribution in [0.5, 0.6) is 17.2 Å². The summed E-state index contributed by atoms with van der Waals surface area (Å²) >= 11 is 0. The highest BCUT2D eigenvalue weighted by Crippen LogP contribution is 2.39. The third-order valence-electron chi connectivity index (χ3n) is 4.82. The molecule has 4 rings (SSSR count). The van der Waals surface area contributed by atoms with Crippen molar-refractivity contribution in [2.45, 2.75) is 12.8 Å². The summed E-state index contributed by atoms with van der Waals surface area (Å²) in [5.41, 5.74) is 2.47. The molecule has 1 aromatic carbocycles. The highest BCUT2D eigenvalue weighted by atomic mass is 16.5. The van der Waals surface area contributed by atoms with Crippen molar-refractivity contribution in [1.29, 1.82) is 5.26 Å². The van der Waals surface area contributed by atoms with Crippen molar-refractivity contribution < 1.29 is 14.2 Å². The molecule has 3 aromatic rings. The summed E-state index contributed by atoms with van der Waals surface area (Å²) in [6.07, 6.45) is 12.9. The number of nitriles is 1. The number of nitrogens with zero attached hydrogens (tertiary/aromatic N) is 3. The van der Waals surface area contributed by atoms with Crippen molar-refractivity contribution in [3.05, 3.63) is 84.0 Å². The summed E-state index contributed by atoms with van der Waals surface area (Å²) in [4.78, 5) is 0. The average molecular weight is 414 g/mol. The van der Waals surface area contributed by atoms with Crippen LogP contribution in [0.3, 0.4) is 0 Å². The molecule has 0 saturated heterocycles. The third kappa shape index (κ3) is 4.23. The maximum absolute atomic E-state index is 9.66. The van der Waals surface area contributed by atoms with Gasteiger partial charge in [-0.1, -0.05) is 24.3 Å². The second kappa shape index (κ2) is 9.09. The van der Waals surface area contributed by atoms with Gasteiger partial charge in [0.25, 0.3) is 0 Å². The standard InChI is InChI=1S/C24H22N4O3/c1-29-21-16-28-23(24(21)30-2)22(17(14-25)15-26-28)27-18-8-6-7-11-20(13-12-18)31-19-9-4-3-5-10-19/h3-5,8-13,15-16,27H,6-7H2,1-2H3/b13-12-,18-8+,20-11?. The fourth-order valence-corrected chi connectivity index (χ4v) is 3.35. The summed E-state index contributed by atoms with van der Waals surface area (Å²) in [5.74, 6) is 2.60. The van der Waals surface area contributed by atoms with Crippen molar-refractivity contribution in [2.75, 3.05) is 19.5 Å². The van der Waals surface area contributed by atoms with E-state index in [0.717, 1.165) is 30.0 Å². The maximum atomic E-state index is 9.66. The van der Waals surface area contributed by atoms with Crippen molar-refractivity contribution in [2.24, 2.45) is 0 Å². The Bertz CT molecular complexity index is 1220. The molecule has 31 heavy (non-hydrogen) atoms. The van der Waals surface area contributed by atoms with E-state index < -0.39 is 0 Å². The maximum Gasteiger partial charge on any atom is 0.190 e. The molecule has 0 saturated carbocycles. The van der Waals surface area contributed by atoms with Gasteiger partial charge in [0.15, 0.2) is 11.5 Å². The highest BCUT2D eigenvalue weighted by molar-refractivity contribution is 5.87. The van der Waals surface area contributed by atoms with Crippen LogP contribution in [0.2, 0.25) is 0 Å². The molecule has 1 N–H and O–H groups in total. The van der Waals surface area contributed by atoms with Gasteiger partial charge in [0.1, 0.15) is 23.1 Å². The molecule has 0 unspecified atom stereocenters. The number of hydrogen-bond donors (Lipinski definition) is 1. The number of benzene rings is 1. The van der Waals surface area contributed by atoms with Gasteiger partial charge in [-0.05, 0) is 43.2 Å². The van der Waals surface area contributed by atoms with Gasteiger partial charge in [-0.2, -0.15) is 10.4 Å². The van der Waals surface area contributed by atoms with Gasteiger partial charge in [0, 0.05) is 5.70 Å². The minimum atomic E-state index is 0.402. The number of hydrogen-bond acceptors (Lipinski definition) is 6. The van der Waals surface area contributed by atoms with E-state index in [0.29, 0.717) is 28.3 Å². The third-order valence-corrected chi connectivity index (χ3v) is 4.82. The molecule has 0 spiro atoms. The summed E-state index contributed by atoms with van der Waals surface area (Å²) in [6.45, 7) is 0. The number of nitrogens with one attached hydrogen (secondary N) is 1. The first kappa shape index (κ1) is 20.1. The zero-order chi connectivity index (χ0) is 21.6. The van der Waals surface area contributed by atoms with Crippen LogP contribution in [0.4, 0.5) is 5.69 Å². The van der Waals surface area contributed by atoms with Crippen molar-refractivity contribution in [3.63, 3.8) is 0 Å². The lowest BCUT2D eigenvalue weighted by molar-refractivity contribution is 0.360. The first-order valence-corrected chi connectivity index (χ1v) is 9.84. The topological polar surface area (TPSA) is 80.8 Å². The summed E-state index contributed by atoms with van der Waals surface area (Å²) in [6, 6.07) is 11.9. The van der Waals surface area contributed by atoms with Crippen LogP contribution in [0, 0.1) is 11.3 Å². The Hall–Kier alpha value is -4.18. The van der Waals surface area contributed by atoms with Gasteiger partial charge in [-0.25, -0.2) is 4.52 Å². The SMILES string of the molecule is COc1cn2ncc(C#N)c(NC3=C/CCC=C(Oc4ccccc4)/C=C\3)c2c1OC. The normalized spacial score (nSPS) is 16.2. The number of ether oxygens (including phenoxy) is 3. The Balaban J connectivity index is 1.67. The highest BCUT2D eigenvalue weighted by Gasteiger charge is 2.20. The van der Waals surface area contributed by atoms with E-state index in [1.165, 1.54) is 6.20 Å². The summed E-state index contributed by atoms with van der Waals surface area (Å²) in [5, 5.41) is 17.3. The smallest absolute Gasteiger partial charge is 0.190 e. The molecule has 1 aliphatic rings. The number of anilines is 1. The van der Waals surface area contributed by atoms with Crippen LogP contribution in [-0.2, 0) is 0 Å². The number of para-hydroxylation sites is 1. The molecule has 0 aliphatic heterocycles. The van der Waals surface area contributed by atoms with Gasteiger partial charge >= 0.3 is 0 Å². The molecule has 2 aromatic heterocycles. The van der Waals surface area contributed by atoms with E-state index in [9.17, 15) is 5.26 Å². The zero-order valence-electron chi connectivity index (χ0n) is 17.3. The van der Waals surface area contributed by atoms with E-state index in [1.54, 1.807) is 24.9 Å². The lowest BCUT2D eigenvalue weighted by atomic mass is 10.1. The van der Waals surface area contributed by atoms with Crippen LogP contribution >= 0.6 is 0 Å². The Labute approximate surface area is 180 Å². The predicted molar refractivity (Wildman–Crippen MR) is 118 cm³/mol. The quantitative estimate of drug-likeness (QED) is 0.622. The number of allylic oxidation sites excluding steroid dienone is 4. The first-order chi connectivity index (χ1) is 15.2. The molecule has 0 radical (unpaired) electrons.